The number of carbonyl (C=O) groups excluding carboxylic acids is 1. The maximum absolute atomic E-state index is 12.5. The first kappa shape index (κ1) is 16.8. The molecule has 4 heteroatoms. The Labute approximate surface area is 155 Å². The molecule has 0 saturated carbocycles. The van der Waals surface area contributed by atoms with E-state index in [1.54, 1.807) is 43.3 Å². The molecule has 0 aliphatic heterocycles. The predicted octanol–water partition coefficient (Wildman–Crippen LogP) is 4.99. The zero-order valence-corrected chi connectivity index (χ0v) is 14.6. The van der Waals surface area contributed by atoms with E-state index in [-0.39, 0.29) is 5.43 Å². The maximum Gasteiger partial charge on any atom is 0.343 e. The molecule has 0 aliphatic carbocycles. The molecule has 0 aliphatic rings. The van der Waals surface area contributed by atoms with E-state index >= 15 is 0 Å². The van der Waals surface area contributed by atoms with E-state index in [1.165, 1.54) is 6.07 Å². The van der Waals surface area contributed by atoms with Crippen LogP contribution in [0.15, 0.2) is 88.1 Å². The van der Waals surface area contributed by atoms with E-state index in [0.717, 1.165) is 5.56 Å². The van der Waals surface area contributed by atoms with E-state index in [0.29, 0.717) is 33.6 Å². The second kappa shape index (κ2) is 6.92. The second-order valence-electron chi connectivity index (χ2n) is 6.16. The van der Waals surface area contributed by atoms with Gasteiger partial charge in [0.25, 0.3) is 0 Å². The second-order valence-corrected chi connectivity index (χ2v) is 6.16. The number of aryl methyl sites for hydroxylation is 1. The van der Waals surface area contributed by atoms with Gasteiger partial charge in [-0.15, -0.1) is 0 Å². The summed E-state index contributed by atoms with van der Waals surface area (Å²) in [6.07, 6.45) is 0. The number of rotatable bonds is 3. The van der Waals surface area contributed by atoms with Crippen LogP contribution in [0.5, 0.6) is 5.75 Å². The molecule has 27 heavy (non-hydrogen) atoms. The van der Waals surface area contributed by atoms with Gasteiger partial charge in [-0.05, 0) is 31.2 Å². The molecule has 0 spiro atoms. The molecule has 4 aromatic rings. The number of ether oxygens (including phenoxy) is 1. The van der Waals surface area contributed by atoms with Gasteiger partial charge in [0.1, 0.15) is 17.1 Å². The van der Waals surface area contributed by atoms with Crippen molar-refractivity contribution in [2.24, 2.45) is 0 Å². The quantitative estimate of drug-likeness (QED) is 0.383. The Morgan fingerprint density at radius 2 is 1.56 bits per heavy atom. The third kappa shape index (κ3) is 3.25. The summed E-state index contributed by atoms with van der Waals surface area (Å²) in [6.45, 7) is 1.77. The van der Waals surface area contributed by atoms with Gasteiger partial charge in [-0.3, -0.25) is 4.79 Å². The minimum atomic E-state index is -0.459. The van der Waals surface area contributed by atoms with Crippen LogP contribution in [0.25, 0.3) is 22.3 Å². The van der Waals surface area contributed by atoms with Crippen LogP contribution in [-0.2, 0) is 0 Å². The summed E-state index contributed by atoms with van der Waals surface area (Å²) in [7, 11) is 0. The summed E-state index contributed by atoms with van der Waals surface area (Å²) < 4.78 is 11.5. The summed E-state index contributed by atoms with van der Waals surface area (Å²) in [5, 5.41) is 0.451. The fraction of sp³-hybridized carbons (Fsp3) is 0.0435. The van der Waals surface area contributed by atoms with Crippen LogP contribution < -0.4 is 10.2 Å². The van der Waals surface area contributed by atoms with Crippen LogP contribution in [0.4, 0.5) is 0 Å². The largest absolute Gasteiger partial charge is 0.455 e. The fourth-order valence-electron chi connectivity index (χ4n) is 2.92. The highest BCUT2D eigenvalue weighted by Gasteiger charge is 2.15. The van der Waals surface area contributed by atoms with Gasteiger partial charge in [0.15, 0.2) is 5.43 Å². The van der Waals surface area contributed by atoms with Crippen molar-refractivity contribution in [1.82, 2.24) is 0 Å². The van der Waals surface area contributed by atoms with Crippen LogP contribution in [-0.4, -0.2) is 5.97 Å². The van der Waals surface area contributed by atoms with Gasteiger partial charge < -0.3 is 9.15 Å². The first-order valence-corrected chi connectivity index (χ1v) is 8.53. The Morgan fingerprint density at radius 3 is 2.26 bits per heavy atom. The number of fused-ring (bicyclic) bond motifs is 1. The molecule has 0 amide bonds. The summed E-state index contributed by atoms with van der Waals surface area (Å²) >= 11 is 0. The first-order valence-electron chi connectivity index (χ1n) is 8.53. The van der Waals surface area contributed by atoms with Crippen molar-refractivity contribution in [2.45, 2.75) is 6.92 Å². The van der Waals surface area contributed by atoms with Crippen LogP contribution in [0.1, 0.15) is 15.9 Å². The van der Waals surface area contributed by atoms with E-state index in [2.05, 4.69) is 0 Å². The Kier molecular flexibility index (Phi) is 4.30. The summed E-state index contributed by atoms with van der Waals surface area (Å²) in [5.41, 5.74) is 2.14. The van der Waals surface area contributed by atoms with Gasteiger partial charge in [-0.1, -0.05) is 48.5 Å². The Balaban J connectivity index is 1.79. The molecule has 1 heterocycles. The van der Waals surface area contributed by atoms with E-state index < -0.39 is 5.97 Å². The number of esters is 1. The van der Waals surface area contributed by atoms with Gasteiger partial charge in [0.2, 0.25) is 0 Å². The van der Waals surface area contributed by atoms with Crippen molar-refractivity contribution >= 4 is 16.9 Å². The maximum atomic E-state index is 12.5. The summed E-state index contributed by atoms with van der Waals surface area (Å²) in [5.74, 6) is 0.382. The van der Waals surface area contributed by atoms with Crippen molar-refractivity contribution in [3.63, 3.8) is 0 Å². The average Bonchev–Trinajstić information content (AvgIpc) is 2.71. The summed E-state index contributed by atoms with van der Waals surface area (Å²) in [6, 6.07) is 22.9. The SMILES string of the molecule is Cc1c(OC(=O)c2ccccc2)ccc2c(=O)cc(-c3ccccc3)oc12. The highest BCUT2D eigenvalue weighted by Crippen LogP contribution is 2.29. The van der Waals surface area contributed by atoms with Crippen molar-refractivity contribution in [2.75, 3.05) is 0 Å². The van der Waals surface area contributed by atoms with Crippen molar-refractivity contribution in [3.8, 4) is 17.1 Å². The molecule has 3 aromatic carbocycles. The fourth-order valence-corrected chi connectivity index (χ4v) is 2.92. The van der Waals surface area contributed by atoms with Crippen LogP contribution >= 0.6 is 0 Å². The average molecular weight is 356 g/mol. The Bertz CT molecular complexity index is 1180. The molecule has 0 bridgehead atoms. The van der Waals surface area contributed by atoms with Gasteiger partial charge in [-0.25, -0.2) is 4.79 Å². The lowest BCUT2D eigenvalue weighted by Crippen LogP contribution is -2.10. The molecular weight excluding hydrogens is 340 g/mol. The number of hydrogen-bond acceptors (Lipinski definition) is 4. The molecular formula is C23H16O4. The lowest BCUT2D eigenvalue weighted by atomic mass is 10.1. The molecule has 0 atom stereocenters. The number of hydrogen-bond donors (Lipinski definition) is 0. The van der Waals surface area contributed by atoms with Crippen molar-refractivity contribution in [3.05, 3.63) is 100 Å². The van der Waals surface area contributed by atoms with Crippen molar-refractivity contribution < 1.29 is 13.9 Å². The molecule has 0 unspecified atom stereocenters. The van der Waals surface area contributed by atoms with E-state index in [9.17, 15) is 9.59 Å². The summed E-state index contributed by atoms with van der Waals surface area (Å²) in [4.78, 5) is 24.9. The molecule has 4 rings (SSSR count). The third-order valence-electron chi connectivity index (χ3n) is 4.37. The predicted molar refractivity (Wildman–Crippen MR) is 104 cm³/mol. The van der Waals surface area contributed by atoms with E-state index in [4.69, 9.17) is 9.15 Å². The minimum absolute atomic E-state index is 0.140. The van der Waals surface area contributed by atoms with Crippen molar-refractivity contribution in [1.29, 1.82) is 0 Å². The van der Waals surface area contributed by atoms with Crippen LogP contribution in [0.3, 0.4) is 0 Å². The normalized spacial score (nSPS) is 10.7. The van der Waals surface area contributed by atoms with Crippen LogP contribution in [0.2, 0.25) is 0 Å². The Morgan fingerprint density at radius 1 is 0.889 bits per heavy atom. The van der Waals surface area contributed by atoms with E-state index in [1.807, 2.05) is 36.4 Å². The van der Waals surface area contributed by atoms with Gasteiger partial charge in [0, 0.05) is 17.2 Å². The molecule has 4 nitrogen and oxygen atoms in total. The zero-order valence-electron chi connectivity index (χ0n) is 14.6. The lowest BCUT2D eigenvalue weighted by Gasteiger charge is -2.10. The smallest absolute Gasteiger partial charge is 0.343 e. The molecule has 0 fully saturated rings. The number of carbonyl (C=O) groups is 1. The topological polar surface area (TPSA) is 56.5 Å². The Hall–Kier alpha value is -3.66. The molecule has 0 saturated heterocycles. The molecule has 0 N–H and O–H groups in total. The molecule has 132 valence electrons. The zero-order chi connectivity index (χ0) is 18.8. The highest BCUT2D eigenvalue weighted by molar-refractivity contribution is 5.92. The number of benzene rings is 3. The van der Waals surface area contributed by atoms with Gasteiger partial charge in [-0.2, -0.15) is 0 Å². The van der Waals surface area contributed by atoms with Gasteiger partial charge >= 0.3 is 5.97 Å². The van der Waals surface area contributed by atoms with Crippen LogP contribution in [0, 0.1) is 6.92 Å². The molecule has 0 radical (unpaired) electrons. The standard InChI is InChI=1S/C23H16O4/c1-15-20(27-23(25)17-10-6-3-7-11-17)13-12-18-19(24)14-21(26-22(15)18)16-8-4-2-5-9-16/h2-14H,1H3. The highest BCUT2D eigenvalue weighted by atomic mass is 16.5. The minimum Gasteiger partial charge on any atom is -0.455 e. The van der Waals surface area contributed by atoms with Gasteiger partial charge in [0.05, 0.1) is 10.9 Å². The lowest BCUT2D eigenvalue weighted by molar-refractivity contribution is 0.0733. The molecule has 1 aromatic heterocycles. The monoisotopic (exact) mass is 356 g/mol. The third-order valence-corrected chi connectivity index (χ3v) is 4.37. The first-order chi connectivity index (χ1) is 13.1.